The molecule has 0 unspecified atom stereocenters. The van der Waals surface area contributed by atoms with Crippen LogP contribution in [-0.4, -0.2) is 30.6 Å². The zero-order chi connectivity index (χ0) is 25.2. The minimum absolute atomic E-state index is 0.0696. The lowest BCUT2D eigenvalue weighted by Gasteiger charge is -2.28. The van der Waals surface area contributed by atoms with Crippen LogP contribution in [0.25, 0.3) is 0 Å². The number of nitro groups is 1. The van der Waals surface area contributed by atoms with Gasteiger partial charge in [-0.15, -0.1) is 0 Å². The fraction of sp³-hybridized carbons (Fsp3) is 0.440. The highest BCUT2D eigenvalue weighted by molar-refractivity contribution is 5.93. The summed E-state index contributed by atoms with van der Waals surface area (Å²) in [6, 6.07) is 11.2. The van der Waals surface area contributed by atoms with Gasteiger partial charge in [0.15, 0.2) is 0 Å². The minimum atomic E-state index is -0.539. The first-order valence-electron chi connectivity index (χ1n) is 11.4. The first kappa shape index (κ1) is 29.6. The monoisotopic (exact) mass is 458 g/mol. The summed E-state index contributed by atoms with van der Waals surface area (Å²) in [4.78, 5) is 24.3. The van der Waals surface area contributed by atoms with Gasteiger partial charge in [-0.1, -0.05) is 46.6 Å². The van der Waals surface area contributed by atoms with Crippen molar-refractivity contribution in [1.82, 2.24) is 0 Å². The van der Waals surface area contributed by atoms with Crippen molar-refractivity contribution >= 4 is 24.0 Å². The molecule has 8 heteroatoms. The largest absolute Gasteiger partial charge is 0.457 e. The first-order chi connectivity index (χ1) is 16.0. The minimum Gasteiger partial charge on any atom is -0.457 e. The van der Waals surface area contributed by atoms with E-state index in [4.69, 9.17) is 15.9 Å². The van der Waals surface area contributed by atoms with Crippen molar-refractivity contribution in [3.8, 4) is 11.5 Å². The number of hydrogen-bond donors (Lipinski definition) is 2. The molecular weight excluding hydrogens is 420 g/mol. The second-order valence-electron chi connectivity index (χ2n) is 6.95. The predicted octanol–water partition coefficient (Wildman–Crippen LogP) is 6.57. The molecule has 2 aromatic carbocycles. The molecule has 8 nitrogen and oxygen atoms in total. The van der Waals surface area contributed by atoms with Crippen LogP contribution in [0.4, 0.5) is 11.4 Å². The maximum absolute atomic E-state index is 11.3. The van der Waals surface area contributed by atoms with Crippen molar-refractivity contribution in [3.05, 3.63) is 58.1 Å². The summed E-state index contributed by atoms with van der Waals surface area (Å²) >= 11 is 0. The van der Waals surface area contributed by atoms with Crippen molar-refractivity contribution in [2.45, 2.75) is 59.8 Å². The van der Waals surface area contributed by atoms with Crippen molar-refractivity contribution in [1.29, 1.82) is 5.41 Å². The van der Waals surface area contributed by atoms with Gasteiger partial charge in [0, 0.05) is 30.8 Å². The number of benzene rings is 2. The number of nitrogens with zero attached hydrogens (tertiary/aromatic N) is 2. The number of piperidine rings is 1. The molecule has 1 heterocycles. The molecule has 0 saturated carbocycles. The number of carbonyl (C=O) groups is 1. The molecule has 33 heavy (non-hydrogen) atoms. The molecule has 0 spiro atoms. The number of rotatable bonds is 6. The number of unbranched alkanes of at least 4 members (excludes halogenated alkanes) is 1. The summed E-state index contributed by atoms with van der Waals surface area (Å²) < 4.78 is 5.78. The summed E-state index contributed by atoms with van der Waals surface area (Å²) in [7, 11) is 0. The van der Waals surface area contributed by atoms with Crippen LogP contribution >= 0.6 is 0 Å². The van der Waals surface area contributed by atoms with Crippen molar-refractivity contribution in [2.75, 3.05) is 18.0 Å². The van der Waals surface area contributed by atoms with Crippen molar-refractivity contribution in [3.63, 3.8) is 0 Å². The van der Waals surface area contributed by atoms with E-state index in [1.54, 1.807) is 36.4 Å². The number of anilines is 1. The number of carbonyl (C=O) groups excluding carboxylic acids is 1. The summed E-state index contributed by atoms with van der Waals surface area (Å²) in [5.74, 6) is 0.394. The Bertz CT molecular complexity index is 850. The van der Waals surface area contributed by atoms with E-state index in [9.17, 15) is 14.9 Å². The van der Waals surface area contributed by atoms with Gasteiger partial charge in [0.05, 0.1) is 4.92 Å². The van der Waals surface area contributed by atoms with Crippen LogP contribution in [0, 0.1) is 15.5 Å². The first-order valence-corrected chi connectivity index (χ1v) is 11.4. The van der Waals surface area contributed by atoms with Crippen LogP contribution in [0.1, 0.15) is 70.2 Å². The summed E-state index contributed by atoms with van der Waals surface area (Å²) in [5, 5.41) is 16.8. The Kier molecular flexibility index (Phi) is 15.4. The van der Waals surface area contributed by atoms with E-state index in [1.807, 2.05) is 18.7 Å². The van der Waals surface area contributed by atoms with E-state index in [-0.39, 0.29) is 10.6 Å². The van der Waals surface area contributed by atoms with Crippen molar-refractivity contribution < 1.29 is 14.5 Å². The number of primary amides is 1. The topological polar surface area (TPSA) is 123 Å². The van der Waals surface area contributed by atoms with Crippen LogP contribution in [-0.2, 0) is 0 Å². The van der Waals surface area contributed by atoms with E-state index in [0.29, 0.717) is 22.7 Å². The molecule has 2 aromatic rings. The van der Waals surface area contributed by atoms with E-state index < -0.39 is 5.91 Å². The van der Waals surface area contributed by atoms with Crippen LogP contribution in [0.3, 0.4) is 0 Å². The third-order valence-corrected chi connectivity index (χ3v) is 4.69. The second-order valence-corrected chi connectivity index (χ2v) is 6.95. The maximum Gasteiger partial charge on any atom is 0.292 e. The maximum atomic E-state index is 11.3. The highest BCUT2D eigenvalue weighted by Gasteiger charge is 2.22. The molecule has 1 saturated heterocycles. The van der Waals surface area contributed by atoms with Crippen LogP contribution in [0.5, 0.6) is 11.5 Å². The number of hydrogen-bond acceptors (Lipinski definition) is 6. The van der Waals surface area contributed by atoms with Crippen molar-refractivity contribution in [2.24, 2.45) is 5.73 Å². The zero-order valence-electron chi connectivity index (χ0n) is 20.3. The molecule has 3 N–H and O–H groups in total. The Hall–Kier alpha value is -3.42. The van der Waals surface area contributed by atoms with Gasteiger partial charge in [0.1, 0.15) is 17.2 Å². The lowest BCUT2D eigenvalue weighted by atomic mass is 10.1. The highest BCUT2D eigenvalue weighted by Crippen LogP contribution is 2.35. The molecule has 3 rings (SSSR count). The number of ether oxygens (including phenoxy) is 1. The van der Waals surface area contributed by atoms with Gasteiger partial charge < -0.3 is 20.8 Å². The van der Waals surface area contributed by atoms with E-state index in [1.165, 1.54) is 18.9 Å². The highest BCUT2D eigenvalue weighted by atomic mass is 16.6. The van der Waals surface area contributed by atoms with Gasteiger partial charge in [-0.05, 0) is 50.2 Å². The van der Waals surface area contributed by atoms with Gasteiger partial charge >= 0.3 is 0 Å². The number of nitro benzene ring substituents is 1. The lowest BCUT2D eigenvalue weighted by Crippen LogP contribution is -2.29. The zero-order valence-corrected chi connectivity index (χ0v) is 20.3. The molecule has 1 aliphatic rings. The summed E-state index contributed by atoms with van der Waals surface area (Å²) in [6.45, 7) is 12.4. The van der Waals surface area contributed by atoms with Crippen LogP contribution in [0.15, 0.2) is 42.5 Å². The fourth-order valence-electron chi connectivity index (χ4n) is 2.96. The molecule has 0 bridgehead atoms. The average Bonchev–Trinajstić information content (AvgIpc) is 2.87. The summed E-state index contributed by atoms with van der Waals surface area (Å²) in [6.07, 6.45) is 5.81. The van der Waals surface area contributed by atoms with Gasteiger partial charge in [-0.2, -0.15) is 0 Å². The number of nitrogens with one attached hydrogen (secondary N) is 1. The standard InChI is InChI=1S/C18H19N3O4.C4H10.C2H6.CH3N/c19-18(22)13-5-4-6-14(11-13)25-15-7-8-16(21(23)24)17(12-15)20-9-2-1-3-10-20;1-3-4-2;2*1-2/h4-8,11-12H,1-3,9-10H2,(H2,19,22);3-4H2,1-2H3;1-2H3;2H,1H2. The molecule has 1 amide bonds. The van der Waals surface area contributed by atoms with Gasteiger partial charge in [-0.3, -0.25) is 14.9 Å². The van der Waals surface area contributed by atoms with E-state index >= 15 is 0 Å². The normalized spacial score (nSPS) is 11.9. The van der Waals surface area contributed by atoms with Crippen LogP contribution in [0.2, 0.25) is 0 Å². The predicted molar refractivity (Wildman–Crippen MR) is 136 cm³/mol. The third kappa shape index (κ3) is 10.2. The molecule has 0 radical (unpaired) electrons. The molecule has 182 valence electrons. The second kappa shape index (κ2) is 17.2. The fourth-order valence-corrected chi connectivity index (χ4v) is 2.96. The number of amides is 1. The molecule has 0 aromatic heterocycles. The molecule has 0 aliphatic carbocycles. The summed E-state index contributed by atoms with van der Waals surface area (Å²) in [5.41, 5.74) is 6.25. The Balaban J connectivity index is 0.00000113. The third-order valence-electron chi connectivity index (χ3n) is 4.69. The molecule has 1 aliphatic heterocycles. The smallest absolute Gasteiger partial charge is 0.292 e. The van der Waals surface area contributed by atoms with Gasteiger partial charge in [-0.25, -0.2) is 0 Å². The Morgan fingerprint density at radius 1 is 1.06 bits per heavy atom. The van der Waals surface area contributed by atoms with E-state index in [2.05, 4.69) is 20.6 Å². The lowest BCUT2D eigenvalue weighted by molar-refractivity contribution is -0.384. The van der Waals surface area contributed by atoms with E-state index in [0.717, 1.165) is 32.4 Å². The molecule has 0 atom stereocenters. The van der Waals surface area contributed by atoms with Gasteiger partial charge in [0.25, 0.3) is 5.69 Å². The Morgan fingerprint density at radius 3 is 2.15 bits per heavy atom. The SMILES string of the molecule is C=N.CC.CCCC.NC(=O)c1cccc(Oc2ccc([N+](=O)[O-])c(N3CCCCC3)c2)c1. The molecule has 1 fully saturated rings. The quantitative estimate of drug-likeness (QED) is 0.288. The Labute approximate surface area is 197 Å². The number of nitrogens with two attached hydrogens (primary N) is 1. The molecular formula is C25H38N4O4. The average molecular weight is 459 g/mol. The van der Waals surface area contributed by atoms with Crippen LogP contribution < -0.4 is 15.4 Å². The van der Waals surface area contributed by atoms with Gasteiger partial charge in [0.2, 0.25) is 5.91 Å². The Morgan fingerprint density at radius 2 is 1.64 bits per heavy atom.